The Morgan fingerprint density at radius 1 is 1.14 bits per heavy atom. The first kappa shape index (κ1) is 38.1. The number of hydrogen-bond acceptors (Lipinski definition) is 9. The summed E-state index contributed by atoms with van der Waals surface area (Å²) in [5, 5.41) is 20.0. The molecule has 1 aliphatic heterocycles. The van der Waals surface area contributed by atoms with Gasteiger partial charge in [-0.1, -0.05) is 23.7 Å². The normalized spacial score (nSPS) is 20.2. The molecule has 2 heterocycles. The molecule has 0 aliphatic carbocycles. The predicted molar refractivity (Wildman–Crippen MR) is 187 cm³/mol. The summed E-state index contributed by atoms with van der Waals surface area (Å²) in [5.74, 6) is 0.0151. The SMILES string of the molecule is Cc1noc(C)c1NC(=O)Nc1ccc2c(c1)C(=O)N([C@@H](C)CO)C[C@@H](C)[C@@H](CN(C)S(=O)(=O)c1ccc(Cl)cc1)OCCCC[C@@H](C)O2. The average molecular weight is 720 g/mol. The van der Waals surface area contributed by atoms with Gasteiger partial charge >= 0.3 is 6.03 Å². The van der Waals surface area contributed by atoms with Gasteiger partial charge in [-0.2, -0.15) is 4.31 Å². The fourth-order valence-corrected chi connectivity index (χ4v) is 6.85. The predicted octanol–water partition coefficient (Wildman–Crippen LogP) is 5.71. The summed E-state index contributed by atoms with van der Waals surface area (Å²) >= 11 is 5.98. The molecule has 2 aromatic carbocycles. The molecule has 268 valence electrons. The van der Waals surface area contributed by atoms with Gasteiger partial charge in [0.25, 0.3) is 5.91 Å². The van der Waals surface area contributed by atoms with Crippen LogP contribution in [0.5, 0.6) is 5.75 Å². The van der Waals surface area contributed by atoms with Gasteiger partial charge < -0.3 is 34.6 Å². The lowest BCUT2D eigenvalue weighted by molar-refractivity contribution is -0.00833. The number of aliphatic hydroxyl groups excluding tert-OH is 1. The number of rotatable bonds is 8. The standard InChI is InChI=1S/C34H46ClN5O8S/c1-21-18-40(22(2)20-41)33(42)29-17-27(36-34(43)37-32-24(4)38-48-25(32)5)12-15-30(29)47-23(3)9-7-8-16-46-31(21)19-39(6)49(44,45)28-13-10-26(35)11-14-28/h10-15,17,21-23,31,41H,7-9,16,18-20H2,1-6H3,(H2,36,37,43)/t21-,22+,23-,31-/m1/s1. The van der Waals surface area contributed by atoms with Crippen LogP contribution in [0, 0.1) is 19.8 Å². The van der Waals surface area contributed by atoms with Crippen LogP contribution in [0.15, 0.2) is 51.9 Å². The number of aryl methyl sites for hydroxylation is 2. The number of nitrogens with one attached hydrogen (secondary N) is 2. The van der Waals surface area contributed by atoms with E-state index in [0.717, 1.165) is 12.8 Å². The number of carbonyl (C=O) groups is 2. The summed E-state index contributed by atoms with van der Waals surface area (Å²) < 4.78 is 45.8. The maximum atomic E-state index is 14.4. The molecule has 4 atom stereocenters. The van der Waals surface area contributed by atoms with Crippen LogP contribution in [0.25, 0.3) is 0 Å². The Kier molecular flexibility index (Phi) is 13.1. The minimum Gasteiger partial charge on any atom is -0.490 e. The Labute approximate surface area is 292 Å². The van der Waals surface area contributed by atoms with Crippen molar-refractivity contribution in [3.8, 4) is 5.75 Å². The van der Waals surface area contributed by atoms with Gasteiger partial charge in [-0.3, -0.25) is 4.79 Å². The van der Waals surface area contributed by atoms with E-state index in [0.29, 0.717) is 46.6 Å². The van der Waals surface area contributed by atoms with Crippen LogP contribution >= 0.6 is 11.6 Å². The van der Waals surface area contributed by atoms with Gasteiger partial charge in [0.1, 0.15) is 17.1 Å². The first-order chi connectivity index (χ1) is 23.2. The van der Waals surface area contributed by atoms with Gasteiger partial charge in [-0.15, -0.1) is 0 Å². The second-order valence-corrected chi connectivity index (χ2v) is 15.0. The number of urea groups is 1. The number of halogens is 1. The second kappa shape index (κ2) is 16.8. The number of nitrogens with zero attached hydrogens (tertiary/aromatic N) is 3. The lowest BCUT2D eigenvalue weighted by atomic mass is 10.0. The van der Waals surface area contributed by atoms with Crippen LogP contribution < -0.4 is 15.4 Å². The molecule has 3 amide bonds. The van der Waals surface area contributed by atoms with Crippen molar-refractivity contribution < 1.29 is 37.1 Å². The van der Waals surface area contributed by atoms with E-state index in [1.54, 1.807) is 39.0 Å². The topological polar surface area (TPSA) is 164 Å². The third kappa shape index (κ3) is 9.73. The molecule has 0 bridgehead atoms. The molecule has 1 aromatic heterocycles. The fourth-order valence-electron chi connectivity index (χ4n) is 5.54. The maximum absolute atomic E-state index is 14.4. The molecule has 0 radical (unpaired) electrons. The van der Waals surface area contributed by atoms with E-state index >= 15 is 0 Å². The Morgan fingerprint density at radius 2 is 1.86 bits per heavy atom. The van der Waals surface area contributed by atoms with E-state index in [9.17, 15) is 23.1 Å². The highest BCUT2D eigenvalue weighted by Gasteiger charge is 2.32. The van der Waals surface area contributed by atoms with E-state index in [-0.39, 0.29) is 42.2 Å². The van der Waals surface area contributed by atoms with Gasteiger partial charge in [0.2, 0.25) is 10.0 Å². The molecule has 0 unspecified atom stereocenters. The molecule has 15 heteroatoms. The summed E-state index contributed by atoms with van der Waals surface area (Å²) in [6, 6.07) is 9.65. The largest absolute Gasteiger partial charge is 0.490 e. The zero-order valence-electron chi connectivity index (χ0n) is 28.7. The monoisotopic (exact) mass is 719 g/mol. The summed E-state index contributed by atoms with van der Waals surface area (Å²) in [5.41, 5.74) is 1.51. The van der Waals surface area contributed by atoms with Crippen molar-refractivity contribution in [3.63, 3.8) is 0 Å². The number of anilines is 2. The van der Waals surface area contributed by atoms with Gasteiger partial charge in [0, 0.05) is 43.4 Å². The fraction of sp³-hybridized carbons (Fsp3) is 0.500. The first-order valence-electron chi connectivity index (χ1n) is 16.3. The van der Waals surface area contributed by atoms with Crippen LogP contribution in [0.1, 0.15) is 61.8 Å². The van der Waals surface area contributed by atoms with E-state index in [1.807, 2.05) is 13.8 Å². The van der Waals surface area contributed by atoms with Gasteiger partial charge in [-0.25, -0.2) is 13.2 Å². The Morgan fingerprint density at radius 3 is 2.51 bits per heavy atom. The zero-order valence-corrected chi connectivity index (χ0v) is 30.3. The molecule has 3 N–H and O–H groups in total. The van der Waals surface area contributed by atoms with Crippen LogP contribution in [0.3, 0.4) is 0 Å². The average Bonchev–Trinajstić information content (AvgIpc) is 3.38. The van der Waals surface area contributed by atoms with E-state index in [1.165, 1.54) is 40.5 Å². The number of hydrogen-bond donors (Lipinski definition) is 3. The zero-order chi connectivity index (χ0) is 35.9. The number of fused-ring (bicyclic) bond motifs is 1. The Hall–Kier alpha value is -3.69. The molecule has 1 aliphatic rings. The molecule has 13 nitrogen and oxygen atoms in total. The quantitative estimate of drug-likeness (QED) is 0.265. The van der Waals surface area contributed by atoms with E-state index < -0.39 is 34.1 Å². The van der Waals surface area contributed by atoms with Crippen molar-refractivity contribution >= 4 is 44.9 Å². The highest BCUT2D eigenvalue weighted by atomic mass is 35.5. The van der Waals surface area contributed by atoms with Crippen molar-refractivity contribution in [3.05, 3.63) is 64.5 Å². The molecule has 0 spiro atoms. The van der Waals surface area contributed by atoms with Crippen molar-refractivity contribution in [2.24, 2.45) is 5.92 Å². The molecular weight excluding hydrogens is 674 g/mol. The molecule has 3 aromatic rings. The Bertz CT molecular complexity index is 1680. The number of aromatic nitrogens is 1. The highest BCUT2D eigenvalue weighted by Crippen LogP contribution is 2.29. The minimum atomic E-state index is -3.86. The van der Waals surface area contributed by atoms with E-state index in [2.05, 4.69) is 15.8 Å². The second-order valence-electron chi connectivity index (χ2n) is 12.5. The third-order valence-electron chi connectivity index (χ3n) is 8.54. The minimum absolute atomic E-state index is 0.0338. The van der Waals surface area contributed by atoms with E-state index in [4.69, 9.17) is 25.6 Å². The van der Waals surface area contributed by atoms with Crippen molar-refractivity contribution in [2.45, 2.75) is 77.0 Å². The molecule has 0 saturated carbocycles. The van der Waals surface area contributed by atoms with Gasteiger partial charge in [0.15, 0.2) is 5.76 Å². The smallest absolute Gasteiger partial charge is 0.323 e. The summed E-state index contributed by atoms with van der Waals surface area (Å²) in [7, 11) is -2.36. The summed E-state index contributed by atoms with van der Waals surface area (Å²) in [6.45, 7) is 9.16. The number of carbonyl (C=O) groups excluding carboxylic acids is 2. The number of benzene rings is 2. The van der Waals surface area contributed by atoms with Crippen LogP contribution in [-0.4, -0.2) is 91.4 Å². The van der Waals surface area contributed by atoms with Crippen molar-refractivity contribution in [1.29, 1.82) is 0 Å². The summed E-state index contributed by atoms with van der Waals surface area (Å²) in [4.78, 5) is 28.9. The lowest BCUT2D eigenvalue weighted by Gasteiger charge is -2.35. The molecule has 4 rings (SSSR count). The number of aliphatic hydroxyl groups is 1. The number of ether oxygens (including phenoxy) is 2. The number of sulfonamides is 1. The molecule has 0 saturated heterocycles. The van der Waals surface area contributed by atoms with Crippen LogP contribution in [-0.2, 0) is 14.8 Å². The third-order valence-corrected chi connectivity index (χ3v) is 10.6. The molecule has 0 fully saturated rings. The lowest BCUT2D eigenvalue weighted by Crippen LogP contribution is -2.48. The summed E-state index contributed by atoms with van der Waals surface area (Å²) in [6.07, 6.45) is 1.35. The van der Waals surface area contributed by atoms with Crippen molar-refractivity contribution in [2.75, 3.05) is 44.0 Å². The number of likely N-dealkylation sites (N-methyl/N-ethyl adjacent to an activating group) is 1. The Balaban J connectivity index is 1.63. The molecule has 49 heavy (non-hydrogen) atoms. The molecular formula is C34H46ClN5O8S. The number of amides is 3. The first-order valence-corrected chi connectivity index (χ1v) is 18.1. The maximum Gasteiger partial charge on any atom is 0.323 e. The van der Waals surface area contributed by atoms with Crippen LogP contribution in [0.2, 0.25) is 5.02 Å². The van der Waals surface area contributed by atoms with Gasteiger partial charge in [-0.05, 0) is 89.4 Å². The highest BCUT2D eigenvalue weighted by molar-refractivity contribution is 7.89. The van der Waals surface area contributed by atoms with Gasteiger partial charge in [0.05, 0.1) is 35.3 Å². The van der Waals surface area contributed by atoms with Crippen molar-refractivity contribution in [1.82, 2.24) is 14.4 Å². The van der Waals surface area contributed by atoms with Crippen LogP contribution in [0.4, 0.5) is 16.2 Å².